The van der Waals surface area contributed by atoms with Gasteiger partial charge in [-0.15, -0.1) is 0 Å². The van der Waals surface area contributed by atoms with Gasteiger partial charge in [0.05, 0.1) is 16.9 Å². The van der Waals surface area contributed by atoms with Crippen molar-refractivity contribution < 1.29 is 4.79 Å². The number of carbonyl (C=O) groups excluding carboxylic acids is 1. The van der Waals surface area contributed by atoms with Gasteiger partial charge >= 0.3 is 0 Å². The number of hydrogen-bond donors (Lipinski definition) is 4. The van der Waals surface area contributed by atoms with Crippen LogP contribution in [0.3, 0.4) is 0 Å². The van der Waals surface area contributed by atoms with Gasteiger partial charge in [-0.1, -0.05) is 55.1 Å². The molecule has 1 amide bonds. The van der Waals surface area contributed by atoms with E-state index in [-0.39, 0.29) is 5.91 Å². The van der Waals surface area contributed by atoms with Gasteiger partial charge < -0.3 is 21.3 Å². The molecule has 0 aliphatic heterocycles. The van der Waals surface area contributed by atoms with Crippen molar-refractivity contribution in [3.8, 4) is 11.1 Å². The van der Waals surface area contributed by atoms with Crippen molar-refractivity contribution in [2.45, 2.75) is 0 Å². The summed E-state index contributed by atoms with van der Waals surface area (Å²) >= 11 is 0. The summed E-state index contributed by atoms with van der Waals surface area (Å²) in [5, 5.41) is 13.5. The summed E-state index contributed by atoms with van der Waals surface area (Å²) in [5.74, 6) is 0.195. The fourth-order valence-corrected chi connectivity index (χ4v) is 3.48. The molecule has 7 heteroatoms. The number of carbonyl (C=O) groups is 1. The lowest BCUT2D eigenvalue weighted by Gasteiger charge is -2.15. The highest BCUT2D eigenvalue weighted by atomic mass is 16.1. The molecular formula is C26H26N6O. The van der Waals surface area contributed by atoms with Crippen LogP contribution in [0.2, 0.25) is 0 Å². The molecule has 33 heavy (non-hydrogen) atoms. The first-order valence-electron chi connectivity index (χ1n) is 10.7. The second kappa shape index (κ2) is 10.4. The summed E-state index contributed by atoms with van der Waals surface area (Å²) in [5.41, 5.74) is 5.22. The summed E-state index contributed by atoms with van der Waals surface area (Å²) in [7, 11) is 1.89. The standard InChI is InChI=1S/C26H26N6O/c1-3-24(33)31-23-16-20(12-13-22(23)28-15-14-27-2)30-26-29-17-19-10-7-11-21(25(19)32-26)18-8-5-4-6-9-18/h3-13,16-17,27-28H,1,14-15H2,2H3,(H,31,33)(H,29,30,32). The number of anilines is 4. The van der Waals surface area contributed by atoms with Crippen LogP contribution in [-0.4, -0.2) is 36.0 Å². The molecule has 0 bridgehead atoms. The highest BCUT2D eigenvalue weighted by Crippen LogP contribution is 2.30. The molecule has 0 aliphatic carbocycles. The second-order valence-corrected chi connectivity index (χ2v) is 7.41. The van der Waals surface area contributed by atoms with E-state index in [1.807, 2.05) is 61.8 Å². The quantitative estimate of drug-likeness (QED) is 0.222. The minimum atomic E-state index is -0.279. The molecule has 0 spiro atoms. The zero-order valence-corrected chi connectivity index (χ0v) is 18.4. The molecule has 7 nitrogen and oxygen atoms in total. The van der Waals surface area contributed by atoms with Gasteiger partial charge in [0, 0.05) is 35.9 Å². The Morgan fingerprint density at radius 2 is 1.85 bits per heavy atom. The molecule has 0 unspecified atom stereocenters. The molecule has 4 N–H and O–H groups in total. The molecule has 0 saturated heterocycles. The number of aromatic nitrogens is 2. The van der Waals surface area contributed by atoms with Crippen molar-refractivity contribution in [2.75, 3.05) is 36.1 Å². The molecule has 0 aliphatic rings. The maximum absolute atomic E-state index is 11.9. The molecule has 1 heterocycles. The van der Waals surface area contributed by atoms with Crippen molar-refractivity contribution >= 4 is 39.8 Å². The molecule has 4 rings (SSSR count). The predicted octanol–water partition coefficient (Wildman–Crippen LogP) is 4.80. The minimum Gasteiger partial charge on any atom is -0.382 e. The van der Waals surface area contributed by atoms with Crippen molar-refractivity contribution in [1.29, 1.82) is 0 Å². The number of rotatable bonds is 9. The average Bonchev–Trinajstić information content (AvgIpc) is 2.85. The van der Waals surface area contributed by atoms with Crippen LogP contribution in [0.15, 0.2) is 85.6 Å². The third-order valence-electron chi connectivity index (χ3n) is 5.11. The fraction of sp³-hybridized carbons (Fsp3) is 0.115. The van der Waals surface area contributed by atoms with E-state index in [0.717, 1.165) is 46.5 Å². The molecule has 1 aromatic heterocycles. The number of hydrogen-bond acceptors (Lipinski definition) is 6. The number of para-hydroxylation sites is 1. The van der Waals surface area contributed by atoms with Crippen LogP contribution in [0, 0.1) is 0 Å². The Hall–Kier alpha value is -4.23. The lowest BCUT2D eigenvalue weighted by molar-refractivity contribution is -0.111. The van der Waals surface area contributed by atoms with Crippen LogP contribution in [0.5, 0.6) is 0 Å². The molecule has 0 atom stereocenters. The van der Waals surface area contributed by atoms with Gasteiger partial charge in [0.2, 0.25) is 11.9 Å². The first-order chi connectivity index (χ1) is 16.2. The van der Waals surface area contributed by atoms with Gasteiger partial charge in [-0.2, -0.15) is 0 Å². The third kappa shape index (κ3) is 5.34. The van der Waals surface area contributed by atoms with Gasteiger partial charge in [0.25, 0.3) is 0 Å². The van der Waals surface area contributed by atoms with Crippen molar-refractivity contribution in [1.82, 2.24) is 15.3 Å². The van der Waals surface area contributed by atoms with Crippen LogP contribution in [0.1, 0.15) is 0 Å². The summed E-state index contributed by atoms with van der Waals surface area (Å²) in [6.07, 6.45) is 3.06. The van der Waals surface area contributed by atoms with E-state index in [4.69, 9.17) is 4.98 Å². The van der Waals surface area contributed by atoms with E-state index in [0.29, 0.717) is 11.6 Å². The van der Waals surface area contributed by atoms with E-state index in [1.54, 1.807) is 0 Å². The number of nitrogens with zero attached hydrogens (tertiary/aromatic N) is 2. The van der Waals surface area contributed by atoms with Gasteiger partial charge in [-0.05, 0) is 36.9 Å². The topological polar surface area (TPSA) is 91.0 Å². The van der Waals surface area contributed by atoms with E-state index < -0.39 is 0 Å². The maximum Gasteiger partial charge on any atom is 0.247 e. The first-order valence-corrected chi connectivity index (χ1v) is 10.7. The van der Waals surface area contributed by atoms with Gasteiger partial charge in [-0.3, -0.25) is 4.79 Å². The third-order valence-corrected chi connectivity index (χ3v) is 5.11. The van der Waals surface area contributed by atoms with Crippen molar-refractivity contribution in [3.05, 3.63) is 85.6 Å². The summed E-state index contributed by atoms with van der Waals surface area (Å²) < 4.78 is 0. The molecule has 0 radical (unpaired) electrons. The SMILES string of the molecule is C=CC(=O)Nc1cc(Nc2ncc3cccc(-c4ccccc4)c3n2)ccc1NCCNC. The lowest BCUT2D eigenvalue weighted by atomic mass is 10.0. The van der Waals surface area contributed by atoms with Gasteiger partial charge in [0.15, 0.2) is 0 Å². The first kappa shape index (κ1) is 22.0. The zero-order chi connectivity index (χ0) is 23.0. The second-order valence-electron chi connectivity index (χ2n) is 7.41. The number of amides is 1. The maximum atomic E-state index is 11.9. The Morgan fingerprint density at radius 1 is 1.00 bits per heavy atom. The van der Waals surface area contributed by atoms with Crippen LogP contribution >= 0.6 is 0 Å². The Bertz CT molecular complexity index is 1270. The van der Waals surface area contributed by atoms with E-state index in [1.165, 1.54) is 6.08 Å². The molecule has 4 aromatic rings. The average molecular weight is 439 g/mol. The van der Waals surface area contributed by atoms with Gasteiger partial charge in [0.1, 0.15) is 0 Å². The van der Waals surface area contributed by atoms with Crippen LogP contribution in [0.25, 0.3) is 22.0 Å². The molecular weight excluding hydrogens is 412 g/mol. The lowest BCUT2D eigenvalue weighted by Crippen LogP contribution is -2.19. The normalized spacial score (nSPS) is 10.6. The molecule has 166 valence electrons. The Balaban J connectivity index is 1.65. The zero-order valence-electron chi connectivity index (χ0n) is 18.4. The van der Waals surface area contributed by atoms with E-state index in [9.17, 15) is 4.79 Å². The largest absolute Gasteiger partial charge is 0.382 e. The van der Waals surface area contributed by atoms with Crippen molar-refractivity contribution in [2.24, 2.45) is 0 Å². The summed E-state index contributed by atoms with van der Waals surface area (Å²) in [6.45, 7) is 5.05. The summed E-state index contributed by atoms with van der Waals surface area (Å²) in [4.78, 5) is 21.2. The Morgan fingerprint density at radius 3 is 2.64 bits per heavy atom. The highest BCUT2D eigenvalue weighted by molar-refractivity contribution is 6.01. The predicted molar refractivity (Wildman–Crippen MR) is 136 cm³/mol. The highest BCUT2D eigenvalue weighted by Gasteiger charge is 2.10. The number of nitrogens with one attached hydrogen (secondary N) is 4. The van der Waals surface area contributed by atoms with Crippen molar-refractivity contribution in [3.63, 3.8) is 0 Å². The van der Waals surface area contributed by atoms with Crippen LogP contribution in [-0.2, 0) is 4.79 Å². The Kier molecular flexibility index (Phi) is 6.92. The summed E-state index contributed by atoms with van der Waals surface area (Å²) in [6, 6.07) is 21.9. The van der Waals surface area contributed by atoms with Gasteiger partial charge in [-0.25, -0.2) is 9.97 Å². The number of fused-ring (bicyclic) bond motifs is 1. The number of benzene rings is 3. The van der Waals surface area contributed by atoms with E-state index in [2.05, 4.69) is 51.0 Å². The molecule has 3 aromatic carbocycles. The minimum absolute atomic E-state index is 0.279. The smallest absolute Gasteiger partial charge is 0.247 e. The molecule has 0 fully saturated rings. The Labute approximate surface area is 193 Å². The van der Waals surface area contributed by atoms with E-state index >= 15 is 0 Å². The molecule has 0 saturated carbocycles. The monoisotopic (exact) mass is 438 g/mol. The van der Waals surface area contributed by atoms with Crippen LogP contribution < -0.4 is 21.3 Å². The van der Waals surface area contributed by atoms with Crippen LogP contribution in [0.4, 0.5) is 23.0 Å². The number of likely N-dealkylation sites (N-methyl/N-ethyl adjacent to an activating group) is 1. The fourth-order valence-electron chi connectivity index (χ4n) is 3.48.